The van der Waals surface area contributed by atoms with Gasteiger partial charge >= 0.3 is 0 Å². The van der Waals surface area contributed by atoms with E-state index in [4.69, 9.17) is 0 Å². The van der Waals surface area contributed by atoms with Gasteiger partial charge in [-0.3, -0.25) is 9.59 Å². The molecule has 1 aliphatic heterocycles. The van der Waals surface area contributed by atoms with E-state index in [0.717, 1.165) is 19.6 Å². The first kappa shape index (κ1) is 25.4. The van der Waals surface area contributed by atoms with Gasteiger partial charge in [-0.15, -0.1) is 11.3 Å². The lowest BCUT2D eigenvalue weighted by Crippen LogP contribution is -2.41. The zero-order valence-electron chi connectivity index (χ0n) is 19.1. The first-order valence-corrected chi connectivity index (χ1v) is 13.6. The van der Waals surface area contributed by atoms with Crippen molar-refractivity contribution < 1.29 is 18.0 Å². The molecule has 0 spiro atoms. The lowest BCUT2D eigenvalue weighted by Gasteiger charge is -2.30. The summed E-state index contributed by atoms with van der Waals surface area (Å²) in [6, 6.07) is 10.1. The number of hydrogen-bond acceptors (Lipinski definition) is 6. The second-order valence-electron chi connectivity index (χ2n) is 7.96. The lowest BCUT2D eigenvalue weighted by atomic mass is 9.97. The van der Waals surface area contributed by atoms with Gasteiger partial charge in [0.1, 0.15) is 4.21 Å². The molecule has 2 heterocycles. The van der Waals surface area contributed by atoms with Crippen molar-refractivity contribution in [3.8, 4) is 0 Å². The van der Waals surface area contributed by atoms with Crippen LogP contribution in [-0.2, 0) is 14.8 Å². The smallest absolute Gasteiger partial charge is 0.252 e. The number of anilines is 1. The molecule has 1 saturated heterocycles. The Morgan fingerprint density at radius 1 is 1.09 bits per heavy atom. The third kappa shape index (κ3) is 6.63. The Balaban J connectivity index is 1.47. The Labute approximate surface area is 200 Å². The molecule has 1 aromatic carbocycles. The Bertz CT molecular complexity index is 1010. The van der Waals surface area contributed by atoms with Crippen LogP contribution in [0.1, 0.15) is 37.0 Å². The van der Waals surface area contributed by atoms with Crippen molar-refractivity contribution in [3.63, 3.8) is 0 Å². The van der Waals surface area contributed by atoms with Crippen LogP contribution in [0.4, 0.5) is 5.69 Å². The number of carbonyl (C=O) groups is 2. The molecule has 2 amide bonds. The monoisotopic (exact) mass is 492 g/mol. The Kier molecular flexibility index (Phi) is 9.02. The van der Waals surface area contributed by atoms with Crippen LogP contribution < -0.4 is 10.6 Å². The van der Waals surface area contributed by atoms with Crippen LogP contribution in [0.15, 0.2) is 46.0 Å². The summed E-state index contributed by atoms with van der Waals surface area (Å²) >= 11 is 1.20. The molecule has 8 nitrogen and oxygen atoms in total. The van der Waals surface area contributed by atoms with Crippen LogP contribution in [0.5, 0.6) is 0 Å². The fraction of sp³-hybridized carbons (Fsp3) is 0.478. The van der Waals surface area contributed by atoms with Crippen LogP contribution in [0, 0.1) is 5.92 Å². The SMILES string of the molecule is CCN(CC)CCNC(=O)c1ccc(NC(=O)C2CCN(S(=O)(=O)c3cccs3)CC2)cc1. The molecule has 1 aromatic heterocycles. The highest BCUT2D eigenvalue weighted by Gasteiger charge is 2.32. The van der Waals surface area contributed by atoms with Crippen LogP contribution in [0.3, 0.4) is 0 Å². The summed E-state index contributed by atoms with van der Waals surface area (Å²) in [4.78, 5) is 27.2. The zero-order valence-corrected chi connectivity index (χ0v) is 20.8. The van der Waals surface area contributed by atoms with Gasteiger partial charge in [-0.25, -0.2) is 8.42 Å². The molecule has 0 atom stereocenters. The van der Waals surface area contributed by atoms with Gasteiger partial charge in [-0.05, 0) is 61.6 Å². The maximum absolute atomic E-state index is 12.7. The molecule has 2 aromatic rings. The number of rotatable bonds is 10. The average molecular weight is 493 g/mol. The maximum Gasteiger partial charge on any atom is 0.252 e. The second-order valence-corrected chi connectivity index (χ2v) is 11.1. The summed E-state index contributed by atoms with van der Waals surface area (Å²) in [5, 5.41) is 7.55. The number of nitrogens with zero attached hydrogens (tertiary/aromatic N) is 2. The summed E-state index contributed by atoms with van der Waals surface area (Å²) in [6.07, 6.45) is 0.951. The highest BCUT2D eigenvalue weighted by atomic mass is 32.2. The normalized spacial score (nSPS) is 15.5. The van der Waals surface area contributed by atoms with Gasteiger partial charge in [0.2, 0.25) is 5.91 Å². The molecule has 1 aliphatic rings. The third-order valence-corrected chi connectivity index (χ3v) is 9.21. The summed E-state index contributed by atoms with van der Waals surface area (Å²) in [6.45, 7) is 8.12. The van der Waals surface area contributed by atoms with E-state index in [-0.39, 0.29) is 17.7 Å². The minimum absolute atomic E-state index is 0.125. The number of benzene rings is 1. The first-order chi connectivity index (χ1) is 15.8. The van der Waals surface area contributed by atoms with E-state index in [1.807, 2.05) is 0 Å². The predicted molar refractivity (Wildman–Crippen MR) is 131 cm³/mol. The molecule has 33 heavy (non-hydrogen) atoms. The number of piperidine rings is 1. The van der Waals surface area contributed by atoms with Crippen LogP contribution in [0.2, 0.25) is 0 Å². The highest BCUT2D eigenvalue weighted by Crippen LogP contribution is 2.27. The van der Waals surface area contributed by atoms with Crippen molar-refractivity contribution in [3.05, 3.63) is 47.3 Å². The highest BCUT2D eigenvalue weighted by molar-refractivity contribution is 7.91. The maximum atomic E-state index is 12.7. The fourth-order valence-electron chi connectivity index (χ4n) is 3.81. The Morgan fingerprint density at radius 3 is 2.33 bits per heavy atom. The fourth-order valence-corrected chi connectivity index (χ4v) is 6.43. The molecular formula is C23H32N4O4S2. The van der Waals surface area contributed by atoms with Gasteiger partial charge < -0.3 is 15.5 Å². The first-order valence-electron chi connectivity index (χ1n) is 11.3. The number of hydrogen-bond donors (Lipinski definition) is 2. The summed E-state index contributed by atoms with van der Waals surface area (Å²) < 4.78 is 27.1. The van der Waals surface area contributed by atoms with E-state index in [1.54, 1.807) is 41.8 Å². The van der Waals surface area contributed by atoms with Gasteiger partial charge in [0.15, 0.2) is 0 Å². The van der Waals surface area contributed by atoms with Gasteiger partial charge in [0.25, 0.3) is 15.9 Å². The van der Waals surface area contributed by atoms with Crippen molar-refractivity contribution in [1.29, 1.82) is 0 Å². The Hall–Kier alpha value is -2.27. The van der Waals surface area contributed by atoms with E-state index in [9.17, 15) is 18.0 Å². The second kappa shape index (κ2) is 11.7. The molecule has 10 heteroatoms. The summed E-state index contributed by atoms with van der Waals surface area (Å²) in [7, 11) is -3.47. The van der Waals surface area contributed by atoms with Gasteiger partial charge in [0.05, 0.1) is 0 Å². The van der Waals surface area contributed by atoms with E-state index in [2.05, 4.69) is 29.4 Å². The van der Waals surface area contributed by atoms with Crippen molar-refractivity contribution >= 4 is 38.9 Å². The number of carbonyl (C=O) groups excluding carboxylic acids is 2. The molecule has 0 saturated carbocycles. The number of sulfonamides is 1. The van der Waals surface area contributed by atoms with Crippen molar-refractivity contribution in [1.82, 2.24) is 14.5 Å². The Morgan fingerprint density at radius 2 is 1.76 bits per heavy atom. The summed E-state index contributed by atoms with van der Waals surface area (Å²) in [5.41, 5.74) is 1.16. The summed E-state index contributed by atoms with van der Waals surface area (Å²) in [5.74, 6) is -0.512. The largest absolute Gasteiger partial charge is 0.351 e. The van der Waals surface area contributed by atoms with Gasteiger partial charge in [0, 0.05) is 43.3 Å². The van der Waals surface area contributed by atoms with E-state index < -0.39 is 10.0 Å². The number of amides is 2. The molecule has 3 rings (SSSR count). The average Bonchev–Trinajstić information content (AvgIpc) is 3.38. The van der Waals surface area contributed by atoms with Crippen molar-refractivity contribution in [2.75, 3.05) is 44.6 Å². The van der Waals surface area contributed by atoms with Crippen LogP contribution >= 0.6 is 11.3 Å². The minimum atomic E-state index is -3.47. The molecule has 180 valence electrons. The number of nitrogens with one attached hydrogen (secondary N) is 2. The molecule has 0 radical (unpaired) electrons. The molecule has 1 fully saturated rings. The molecule has 2 N–H and O–H groups in total. The van der Waals surface area contributed by atoms with Crippen LogP contribution in [0.25, 0.3) is 0 Å². The van der Waals surface area contributed by atoms with E-state index in [1.165, 1.54) is 15.6 Å². The lowest BCUT2D eigenvalue weighted by molar-refractivity contribution is -0.120. The minimum Gasteiger partial charge on any atom is -0.351 e. The quantitative estimate of drug-likeness (QED) is 0.531. The standard InChI is InChI=1S/C23H32N4O4S2/c1-3-26(4-2)16-13-24-22(28)18-7-9-20(10-8-18)25-23(29)19-11-14-27(15-12-19)33(30,31)21-6-5-17-32-21/h5-10,17,19H,3-4,11-16H2,1-2H3,(H,24,28)(H,25,29). The van der Waals surface area contributed by atoms with Gasteiger partial charge in [-0.1, -0.05) is 19.9 Å². The van der Waals surface area contributed by atoms with Crippen molar-refractivity contribution in [2.24, 2.45) is 5.92 Å². The third-order valence-electron chi connectivity index (χ3n) is 5.94. The molecule has 0 aliphatic carbocycles. The predicted octanol–water partition coefficient (Wildman–Crippen LogP) is 2.86. The molecule has 0 unspecified atom stereocenters. The van der Waals surface area contributed by atoms with Crippen LogP contribution in [-0.4, -0.2) is 68.7 Å². The topological polar surface area (TPSA) is 98.8 Å². The van der Waals surface area contributed by atoms with E-state index >= 15 is 0 Å². The molecular weight excluding hydrogens is 460 g/mol. The number of likely N-dealkylation sites (N-methyl/N-ethyl adjacent to an activating group) is 1. The van der Waals surface area contributed by atoms with Gasteiger partial charge in [-0.2, -0.15) is 4.31 Å². The van der Waals surface area contributed by atoms with E-state index in [0.29, 0.717) is 47.9 Å². The van der Waals surface area contributed by atoms with Crippen molar-refractivity contribution in [2.45, 2.75) is 30.9 Å². The zero-order chi connectivity index (χ0) is 23.8. The molecule has 0 bridgehead atoms. The number of thiophene rings is 1.